The molecule has 0 unspecified atom stereocenters. The minimum atomic E-state index is -0.417. The van der Waals surface area contributed by atoms with E-state index in [1.807, 2.05) is 12.2 Å². The highest BCUT2D eigenvalue weighted by Crippen LogP contribution is 2.20. The smallest absolute Gasteiger partial charge is 0.223 e. The van der Waals surface area contributed by atoms with Crippen LogP contribution in [0.2, 0.25) is 0 Å². The number of carbonyl (C=O) groups is 2. The second kappa shape index (κ2) is 8.79. The van der Waals surface area contributed by atoms with Crippen LogP contribution in [0.3, 0.4) is 0 Å². The van der Waals surface area contributed by atoms with Crippen molar-refractivity contribution < 1.29 is 14.0 Å². The molecule has 136 valence electrons. The molecule has 0 saturated carbocycles. The first-order chi connectivity index (χ1) is 11.9. The molecule has 5 heteroatoms. The molecule has 4 nitrogen and oxygen atoms in total. The van der Waals surface area contributed by atoms with Crippen molar-refractivity contribution in [1.82, 2.24) is 10.6 Å². The summed E-state index contributed by atoms with van der Waals surface area (Å²) in [5.41, 5.74) is 0.855. The van der Waals surface area contributed by atoms with Gasteiger partial charge in [-0.2, -0.15) is 0 Å². The number of halogens is 1. The van der Waals surface area contributed by atoms with Crippen LogP contribution in [0.15, 0.2) is 36.4 Å². The van der Waals surface area contributed by atoms with Gasteiger partial charge in [-0.05, 0) is 36.5 Å². The lowest BCUT2D eigenvalue weighted by atomic mass is 9.96. The van der Waals surface area contributed by atoms with Crippen LogP contribution in [0, 0.1) is 17.7 Å². The number of carbonyl (C=O) groups excluding carboxylic acids is 2. The first kappa shape index (κ1) is 19.2. The number of benzene rings is 1. The molecular formula is C20H27FN2O2. The van der Waals surface area contributed by atoms with E-state index < -0.39 is 5.92 Å². The second-order valence-electron chi connectivity index (χ2n) is 7.08. The maximum atomic E-state index is 13.2. The molecule has 2 amide bonds. The van der Waals surface area contributed by atoms with Gasteiger partial charge in [0, 0.05) is 18.4 Å². The van der Waals surface area contributed by atoms with Crippen molar-refractivity contribution in [3.63, 3.8) is 0 Å². The molecule has 0 bridgehead atoms. The van der Waals surface area contributed by atoms with Crippen LogP contribution in [0.25, 0.3) is 0 Å². The minimum absolute atomic E-state index is 0.0581. The zero-order valence-corrected chi connectivity index (χ0v) is 15.1. The molecular weight excluding hydrogens is 319 g/mol. The number of rotatable bonds is 2. The third kappa shape index (κ3) is 5.69. The molecule has 2 rings (SSSR count). The highest BCUT2D eigenvalue weighted by Gasteiger charge is 2.23. The van der Waals surface area contributed by atoms with E-state index in [1.165, 1.54) is 12.1 Å². The Hall–Kier alpha value is -2.17. The van der Waals surface area contributed by atoms with Crippen molar-refractivity contribution in [2.45, 2.75) is 52.1 Å². The van der Waals surface area contributed by atoms with Crippen LogP contribution in [0.4, 0.5) is 4.39 Å². The van der Waals surface area contributed by atoms with Gasteiger partial charge in [-0.25, -0.2) is 4.39 Å². The van der Waals surface area contributed by atoms with Gasteiger partial charge >= 0.3 is 0 Å². The van der Waals surface area contributed by atoms with Gasteiger partial charge in [-0.15, -0.1) is 0 Å². The van der Waals surface area contributed by atoms with Gasteiger partial charge in [0.25, 0.3) is 0 Å². The lowest BCUT2D eigenvalue weighted by Crippen LogP contribution is -2.41. The molecule has 3 atom stereocenters. The average Bonchev–Trinajstić information content (AvgIpc) is 2.55. The molecule has 0 fully saturated rings. The van der Waals surface area contributed by atoms with Crippen LogP contribution >= 0.6 is 0 Å². The largest absolute Gasteiger partial charge is 0.353 e. The molecule has 0 radical (unpaired) electrons. The molecule has 1 aromatic rings. The normalized spacial score (nSPS) is 27.0. The standard InChI is InChI=1S/C20H27FN2O2/c1-13(2)17-6-4-5-7-18(15-8-10-16(21)11-9-15)23-20(25)14(3)12-19(24)22-17/h4-5,8-11,13-14,17-18H,6-7,12H2,1-3H3,(H,22,24)(H,23,25)/b5-4-/t14-,17+,18-/m0/s1. The Kier molecular flexibility index (Phi) is 6.73. The molecule has 1 aromatic carbocycles. The van der Waals surface area contributed by atoms with Gasteiger partial charge in [0.2, 0.25) is 11.8 Å². The molecule has 0 aliphatic carbocycles. The molecule has 2 N–H and O–H groups in total. The third-order valence-corrected chi connectivity index (χ3v) is 4.61. The maximum Gasteiger partial charge on any atom is 0.223 e. The molecule has 1 aliphatic rings. The Morgan fingerprint density at radius 3 is 2.32 bits per heavy atom. The fourth-order valence-corrected chi connectivity index (χ4v) is 2.90. The number of nitrogens with one attached hydrogen (secondary N) is 2. The van der Waals surface area contributed by atoms with Gasteiger partial charge < -0.3 is 10.6 Å². The lowest BCUT2D eigenvalue weighted by Gasteiger charge is -2.24. The first-order valence-electron chi connectivity index (χ1n) is 8.87. The van der Waals surface area contributed by atoms with Crippen molar-refractivity contribution in [2.75, 3.05) is 0 Å². The molecule has 1 aliphatic heterocycles. The van der Waals surface area contributed by atoms with Crippen LogP contribution in [0.5, 0.6) is 0 Å². The monoisotopic (exact) mass is 346 g/mol. The summed E-state index contributed by atoms with van der Waals surface area (Å²) in [6.45, 7) is 5.90. The molecule has 0 saturated heterocycles. The Labute approximate surface area is 148 Å². The van der Waals surface area contributed by atoms with Crippen LogP contribution in [-0.4, -0.2) is 17.9 Å². The first-order valence-corrected chi connectivity index (χ1v) is 8.87. The van der Waals surface area contributed by atoms with Crippen LogP contribution < -0.4 is 10.6 Å². The van der Waals surface area contributed by atoms with Crippen molar-refractivity contribution in [3.05, 3.63) is 47.8 Å². The van der Waals surface area contributed by atoms with E-state index in [1.54, 1.807) is 19.1 Å². The van der Waals surface area contributed by atoms with E-state index in [4.69, 9.17) is 0 Å². The Balaban J connectivity index is 2.22. The van der Waals surface area contributed by atoms with E-state index in [2.05, 4.69) is 24.5 Å². The molecule has 0 spiro atoms. The third-order valence-electron chi connectivity index (χ3n) is 4.61. The molecule has 0 aromatic heterocycles. The zero-order valence-electron chi connectivity index (χ0n) is 15.1. The predicted octanol–water partition coefficient (Wildman–Crippen LogP) is 3.50. The summed E-state index contributed by atoms with van der Waals surface area (Å²) >= 11 is 0. The van der Waals surface area contributed by atoms with Crippen molar-refractivity contribution in [1.29, 1.82) is 0 Å². The average molecular weight is 346 g/mol. The maximum absolute atomic E-state index is 13.2. The quantitative estimate of drug-likeness (QED) is 0.805. The predicted molar refractivity (Wildman–Crippen MR) is 96.2 cm³/mol. The topological polar surface area (TPSA) is 58.2 Å². The van der Waals surface area contributed by atoms with Crippen molar-refractivity contribution in [2.24, 2.45) is 11.8 Å². The zero-order chi connectivity index (χ0) is 18.4. The van der Waals surface area contributed by atoms with Crippen molar-refractivity contribution in [3.8, 4) is 0 Å². The summed E-state index contributed by atoms with van der Waals surface area (Å²) in [4.78, 5) is 24.7. The second-order valence-corrected chi connectivity index (χ2v) is 7.08. The van der Waals surface area contributed by atoms with Gasteiger partial charge in [0.1, 0.15) is 5.82 Å². The number of hydrogen-bond donors (Lipinski definition) is 2. The van der Waals surface area contributed by atoms with Gasteiger partial charge in [-0.3, -0.25) is 9.59 Å². The Morgan fingerprint density at radius 1 is 1.04 bits per heavy atom. The summed E-state index contributed by atoms with van der Waals surface area (Å²) in [5, 5.41) is 6.00. The molecule has 1 heterocycles. The summed E-state index contributed by atoms with van der Waals surface area (Å²) in [7, 11) is 0. The summed E-state index contributed by atoms with van der Waals surface area (Å²) in [5.74, 6) is -0.676. The van der Waals surface area contributed by atoms with Crippen molar-refractivity contribution >= 4 is 11.8 Å². The van der Waals surface area contributed by atoms with E-state index in [0.717, 1.165) is 12.0 Å². The SMILES string of the molecule is CC(C)[C@H]1C/C=C\C[C@@H](c2ccc(F)cc2)NC(=O)[C@@H](C)CC(=O)N1. The lowest BCUT2D eigenvalue weighted by molar-refractivity contribution is -0.130. The summed E-state index contributed by atoms with van der Waals surface area (Å²) in [6, 6.07) is 6.00. The van der Waals surface area contributed by atoms with Gasteiger partial charge in [0.05, 0.1) is 6.04 Å². The van der Waals surface area contributed by atoms with Crippen LogP contribution in [-0.2, 0) is 9.59 Å². The van der Waals surface area contributed by atoms with E-state index >= 15 is 0 Å². The molecule has 25 heavy (non-hydrogen) atoms. The fraction of sp³-hybridized carbons (Fsp3) is 0.500. The Bertz CT molecular complexity index is 625. The van der Waals surface area contributed by atoms with E-state index in [-0.39, 0.29) is 36.1 Å². The minimum Gasteiger partial charge on any atom is -0.353 e. The highest BCUT2D eigenvalue weighted by atomic mass is 19.1. The van der Waals surface area contributed by atoms with E-state index in [9.17, 15) is 14.0 Å². The van der Waals surface area contributed by atoms with E-state index in [0.29, 0.717) is 12.3 Å². The number of hydrogen-bond acceptors (Lipinski definition) is 2. The van der Waals surface area contributed by atoms with Gasteiger partial charge in [-0.1, -0.05) is 45.1 Å². The van der Waals surface area contributed by atoms with Crippen LogP contribution in [0.1, 0.15) is 51.6 Å². The highest BCUT2D eigenvalue weighted by molar-refractivity contribution is 5.85. The summed E-state index contributed by atoms with van der Waals surface area (Å²) < 4.78 is 13.2. The summed E-state index contributed by atoms with van der Waals surface area (Å²) in [6.07, 6.45) is 5.60. The number of amides is 2. The van der Waals surface area contributed by atoms with Gasteiger partial charge in [0.15, 0.2) is 0 Å². The Morgan fingerprint density at radius 2 is 1.68 bits per heavy atom. The fourth-order valence-electron chi connectivity index (χ4n) is 2.90.